The molecule has 2 saturated heterocycles. The Morgan fingerprint density at radius 1 is 1.03 bits per heavy atom. The van der Waals surface area contributed by atoms with Crippen molar-refractivity contribution in [1.82, 2.24) is 9.21 Å². The van der Waals surface area contributed by atoms with E-state index < -0.39 is 20.7 Å². The summed E-state index contributed by atoms with van der Waals surface area (Å²) in [5.41, 5.74) is 1.93. The number of fused-ring (bicyclic) bond motifs is 2. The third-order valence-electron chi connectivity index (χ3n) is 8.38. The fraction of sp³-hybridized carbons (Fsp3) is 0.519. The summed E-state index contributed by atoms with van der Waals surface area (Å²) in [6, 6.07) is 13.4. The Morgan fingerprint density at radius 2 is 1.67 bits per heavy atom. The Kier molecular flexibility index (Phi) is 7.92. The molecule has 0 atom stereocenters. The number of hydrogen-bond acceptors (Lipinski definition) is 5. The lowest BCUT2D eigenvalue weighted by molar-refractivity contribution is -0.125. The highest BCUT2D eigenvalue weighted by Gasteiger charge is 2.53. The van der Waals surface area contributed by atoms with Gasteiger partial charge in [0, 0.05) is 30.3 Å². The van der Waals surface area contributed by atoms with Crippen LogP contribution in [0.2, 0.25) is 5.02 Å². The molecule has 2 aromatic rings. The number of nitrogens with zero attached hydrogens (tertiary/aromatic N) is 3. The first-order valence-electron chi connectivity index (χ1n) is 13.3. The lowest BCUT2D eigenvalue weighted by Crippen LogP contribution is -2.57. The van der Waals surface area contributed by atoms with Crippen LogP contribution < -0.4 is 9.64 Å². The molecular weight excluding hydrogens is 530 g/mol. The Morgan fingerprint density at radius 3 is 2.26 bits per heavy atom. The number of anilines is 1. The van der Waals surface area contributed by atoms with E-state index in [0.29, 0.717) is 62.3 Å². The van der Waals surface area contributed by atoms with Crippen LogP contribution in [0.15, 0.2) is 42.5 Å². The van der Waals surface area contributed by atoms with Crippen molar-refractivity contribution >= 4 is 56.8 Å². The number of amides is 1. The smallest absolute Gasteiger partial charge is 0.236 e. The van der Waals surface area contributed by atoms with Crippen LogP contribution in [-0.4, -0.2) is 97.9 Å². The Balaban J connectivity index is 1.14. The van der Waals surface area contributed by atoms with E-state index in [0.717, 1.165) is 30.7 Å². The molecule has 39 heavy (non-hydrogen) atoms. The molecular formula is C27H31B3ClN3O4S. The highest BCUT2D eigenvalue weighted by atomic mass is 35.5. The molecule has 2 fully saturated rings. The summed E-state index contributed by atoms with van der Waals surface area (Å²) in [6.07, 6.45) is 4.13. The summed E-state index contributed by atoms with van der Waals surface area (Å²) in [6.45, 7) is 3.81. The monoisotopic (exact) mass is 561 g/mol. The summed E-state index contributed by atoms with van der Waals surface area (Å²) in [7, 11) is 14.8. The molecule has 0 bridgehead atoms. The zero-order chi connectivity index (χ0) is 28.0. The topological polar surface area (TPSA) is 70.2 Å². The quantitative estimate of drug-likeness (QED) is 0.486. The van der Waals surface area contributed by atoms with Crippen LogP contribution in [0.25, 0.3) is 0 Å². The Bertz CT molecular complexity index is 1320. The fourth-order valence-corrected chi connectivity index (χ4v) is 7.25. The highest BCUT2D eigenvalue weighted by molar-refractivity contribution is 7.88. The van der Waals surface area contributed by atoms with Crippen LogP contribution in [0, 0.1) is 0 Å². The van der Waals surface area contributed by atoms with Crippen molar-refractivity contribution in [2.24, 2.45) is 0 Å². The normalized spacial score (nSPS) is 20.9. The number of ether oxygens (including phenoxy) is 1. The van der Waals surface area contributed by atoms with Crippen molar-refractivity contribution < 1.29 is 17.9 Å². The largest absolute Gasteiger partial charge is 0.492 e. The van der Waals surface area contributed by atoms with E-state index in [9.17, 15) is 13.2 Å². The predicted molar refractivity (Wildman–Crippen MR) is 157 cm³/mol. The zero-order valence-corrected chi connectivity index (χ0v) is 23.8. The van der Waals surface area contributed by atoms with E-state index in [1.807, 2.05) is 18.2 Å². The van der Waals surface area contributed by atoms with Gasteiger partial charge in [-0.05, 0) is 86.1 Å². The maximum Gasteiger partial charge on any atom is 0.236 e. The number of carbonyl (C=O) groups excluding carboxylic acids is 1. The maximum atomic E-state index is 13.6. The van der Waals surface area contributed by atoms with Crippen LogP contribution in [0.4, 0.5) is 5.69 Å². The van der Waals surface area contributed by atoms with E-state index in [1.165, 1.54) is 16.7 Å². The van der Waals surface area contributed by atoms with Gasteiger partial charge in [-0.2, -0.15) is 0 Å². The van der Waals surface area contributed by atoms with Crippen LogP contribution >= 0.6 is 11.6 Å². The minimum absolute atomic E-state index is 0.176. The molecule has 6 radical (unpaired) electrons. The Labute approximate surface area is 240 Å². The lowest BCUT2D eigenvalue weighted by Gasteiger charge is -2.40. The first-order chi connectivity index (χ1) is 18.4. The second-order valence-electron chi connectivity index (χ2n) is 11.0. The molecule has 200 valence electrons. The fourth-order valence-electron chi connectivity index (χ4n) is 6.20. The molecule has 7 nitrogen and oxygen atoms in total. The number of hydrogen-bond donors (Lipinski definition) is 0. The van der Waals surface area contributed by atoms with Gasteiger partial charge in [0.1, 0.15) is 12.4 Å². The molecule has 2 aromatic carbocycles. The van der Waals surface area contributed by atoms with Gasteiger partial charge >= 0.3 is 0 Å². The number of likely N-dealkylation sites (tertiary alicyclic amines) is 1. The zero-order valence-electron chi connectivity index (χ0n) is 22.2. The summed E-state index contributed by atoms with van der Waals surface area (Å²) >= 11 is 6.29. The third kappa shape index (κ3) is 5.78. The van der Waals surface area contributed by atoms with Crippen molar-refractivity contribution in [1.29, 1.82) is 0 Å². The van der Waals surface area contributed by atoms with Gasteiger partial charge in [0.15, 0.2) is 0 Å². The molecule has 12 heteroatoms. The molecule has 1 spiro atoms. The second-order valence-corrected chi connectivity index (χ2v) is 13.4. The van der Waals surface area contributed by atoms with Gasteiger partial charge in [0.2, 0.25) is 15.9 Å². The maximum absolute atomic E-state index is 13.6. The molecule has 3 aliphatic heterocycles. The minimum Gasteiger partial charge on any atom is -0.492 e. The van der Waals surface area contributed by atoms with Gasteiger partial charge in [-0.3, -0.25) is 9.69 Å². The highest BCUT2D eigenvalue weighted by Crippen LogP contribution is 2.50. The number of benzene rings is 2. The van der Waals surface area contributed by atoms with Gasteiger partial charge in [-0.15, -0.1) is 0 Å². The van der Waals surface area contributed by atoms with Crippen LogP contribution in [0.1, 0.15) is 42.7 Å². The van der Waals surface area contributed by atoms with E-state index in [2.05, 4.69) is 17.0 Å². The number of carbonyl (C=O) groups is 1. The van der Waals surface area contributed by atoms with E-state index in [4.69, 9.17) is 39.9 Å². The minimum atomic E-state index is -3.12. The molecule has 3 aliphatic rings. The molecule has 5 rings (SSSR count). The van der Waals surface area contributed by atoms with E-state index in [1.54, 1.807) is 16.4 Å². The number of piperidine rings is 2. The molecule has 0 aliphatic carbocycles. The summed E-state index contributed by atoms with van der Waals surface area (Å²) < 4.78 is 31.1. The van der Waals surface area contributed by atoms with Crippen LogP contribution in [-0.2, 0) is 20.2 Å². The summed E-state index contributed by atoms with van der Waals surface area (Å²) in [5.74, 6) is 0.983. The van der Waals surface area contributed by atoms with Gasteiger partial charge in [0.05, 0.1) is 35.2 Å². The first-order valence-corrected chi connectivity index (χ1v) is 15.5. The second kappa shape index (κ2) is 10.8. The van der Waals surface area contributed by atoms with Gasteiger partial charge in [0.25, 0.3) is 0 Å². The van der Waals surface area contributed by atoms with Crippen LogP contribution in [0.3, 0.4) is 0 Å². The standard InChI is InChI=1S/C27H31B3ClN3O4S/c1-39(36,37)33-12-8-20(9-13-33)19-2-5-22(6-3-19)38-17-16-32-14-10-26(11-15-32)23-18-21(31)4-7-24(23)34(25(26)35)27(28,29)30/h2-7,18,20H,8-17H2,1H3. The van der Waals surface area contributed by atoms with Gasteiger partial charge < -0.3 is 9.64 Å². The van der Waals surface area contributed by atoms with Crippen molar-refractivity contribution in [3.05, 3.63) is 58.6 Å². The number of halogens is 1. The average Bonchev–Trinajstić information content (AvgIpc) is 3.12. The molecule has 1 amide bonds. The first kappa shape index (κ1) is 28.6. The summed E-state index contributed by atoms with van der Waals surface area (Å²) in [5, 5.41) is -1.24. The number of sulfonamides is 1. The third-order valence-corrected chi connectivity index (χ3v) is 9.91. The van der Waals surface area contributed by atoms with Crippen LogP contribution in [0.5, 0.6) is 5.75 Å². The van der Waals surface area contributed by atoms with Gasteiger partial charge in [-0.1, -0.05) is 29.0 Å². The van der Waals surface area contributed by atoms with Crippen molar-refractivity contribution in [3.8, 4) is 5.75 Å². The molecule has 0 unspecified atom stereocenters. The van der Waals surface area contributed by atoms with Crippen molar-refractivity contribution in [3.63, 3.8) is 0 Å². The van der Waals surface area contributed by atoms with Crippen molar-refractivity contribution in [2.75, 3.05) is 50.5 Å². The molecule has 0 N–H and O–H groups in total. The van der Waals surface area contributed by atoms with Gasteiger partial charge in [-0.25, -0.2) is 12.7 Å². The number of rotatable bonds is 7. The average molecular weight is 562 g/mol. The van der Waals surface area contributed by atoms with E-state index >= 15 is 0 Å². The predicted octanol–water partition coefficient (Wildman–Crippen LogP) is 2.36. The SMILES string of the molecule is [B]C([B])([B])N1C(=O)C2(CCN(CCOc3ccc(C4CCN(S(C)(=O)=O)CC4)cc3)CC2)c2cc(Cl)ccc21. The van der Waals surface area contributed by atoms with E-state index in [-0.39, 0.29) is 5.91 Å². The molecule has 3 heterocycles. The summed E-state index contributed by atoms with van der Waals surface area (Å²) in [4.78, 5) is 17.2. The molecule has 0 saturated carbocycles. The molecule has 0 aromatic heterocycles. The Hall–Kier alpha value is -1.94. The van der Waals surface area contributed by atoms with Crippen molar-refractivity contribution in [2.45, 2.75) is 42.3 Å². The lowest BCUT2D eigenvalue weighted by atomic mass is 9.48.